The summed E-state index contributed by atoms with van der Waals surface area (Å²) in [6.45, 7) is 0. The van der Waals surface area contributed by atoms with Gasteiger partial charge in [0.05, 0.1) is 17.0 Å². The molecule has 1 N–H and O–H groups in total. The van der Waals surface area contributed by atoms with Crippen molar-refractivity contribution in [1.82, 2.24) is 14.5 Å². The molecular weight excluding hydrogens is 530 g/mol. The number of hydrogen-bond donors (Lipinski definition) is 1. The minimum absolute atomic E-state index is 0.144. The van der Waals surface area contributed by atoms with Crippen LogP contribution in [0.25, 0.3) is 72.4 Å². The molecule has 9 rings (SSSR count). The molecule has 0 unspecified atom stereocenters. The first-order valence-electron chi connectivity index (χ1n) is 14.5. The van der Waals surface area contributed by atoms with Gasteiger partial charge in [-0.2, -0.15) is 0 Å². The first-order chi connectivity index (χ1) is 21.2. The Labute approximate surface area is 247 Å². The molecule has 0 aliphatic heterocycles. The van der Waals surface area contributed by atoms with Crippen molar-refractivity contribution in [3.63, 3.8) is 0 Å². The summed E-state index contributed by atoms with van der Waals surface area (Å²) in [5.74, 6) is 0.769. The maximum Gasteiger partial charge on any atom is 0.149 e. The molecule has 0 saturated heterocycles. The number of nitrogens with zero attached hydrogens (tertiary/aromatic N) is 3. The van der Waals surface area contributed by atoms with E-state index in [1.807, 2.05) is 66.9 Å². The third-order valence-corrected chi connectivity index (χ3v) is 8.66. The molecule has 1 aliphatic rings. The Morgan fingerprint density at radius 1 is 0.628 bits per heavy atom. The highest BCUT2D eigenvalue weighted by atomic mass is 16.3. The molecule has 0 radical (unpaired) electrons. The molecule has 0 fully saturated rings. The van der Waals surface area contributed by atoms with E-state index in [2.05, 4.69) is 53.1 Å². The van der Waals surface area contributed by atoms with Gasteiger partial charge in [-0.15, -0.1) is 0 Å². The molecule has 1 aliphatic carbocycles. The van der Waals surface area contributed by atoms with Crippen molar-refractivity contribution in [2.45, 2.75) is 12.8 Å². The van der Waals surface area contributed by atoms with E-state index in [1.54, 1.807) is 6.07 Å². The fourth-order valence-corrected chi connectivity index (χ4v) is 6.71. The molecule has 0 amide bonds. The number of aryl methyl sites for hydroxylation is 2. The average molecular weight is 556 g/mol. The molecule has 0 bridgehead atoms. The van der Waals surface area contributed by atoms with Crippen LogP contribution in [0.3, 0.4) is 0 Å². The van der Waals surface area contributed by atoms with Gasteiger partial charge in [0.15, 0.2) is 0 Å². The Morgan fingerprint density at radius 2 is 1.37 bits per heavy atom. The summed E-state index contributed by atoms with van der Waals surface area (Å²) in [5, 5.41) is 15.5. The zero-order valence-corrected chi connectivity index (χ0v) is 23.2. The minimum atomic E-state index is 0.144. The van der Waals surface area contributed by atoms with Gasteiger partial charge in [0.1, 0.15) is 28.4 Å². The Hall–Kier alpha value is -5.68. The summed E-state index contributed by atoms with van der Waals surface area (Å²) in [4.78, 5) is 10.6. The first kappa shape index (κ1) is 24.0. The van der Waals surface area contributed by atoms with Gasteiger partial charge in [0.2, 0.25) is 0 Å². The van der Waals surface area contributed by atoms with Crippen molar-refractivity contribution < 1.29 is 9.52 Å². The lowest BCUT2D eigenvalue weighted by molar-refractivity contribution is 0.477. The molecule has 0 spiro atoms. The van der Waals surface area contributed by atoms with Crippen LogP contribution in [-0.4, -0.2) is 19.6 Å². The standard InChI is InChI=1S/C38H25N3O2/c42-31-20-21-33-34(29-16-8-9-17-32(29)43-33)35(31)38-39-30(22-41(38)24-11-2-1-3-12-24)37-27-15-7-6-14-26(27)28-19-18-23-10-4-5-13-25(23)36(28)40-37/h1-17,20-22,42H,18-19H2. The molecule has 0 saturated carbocycles. The molecular formula is C38H25N3O2. The summed E-state index contributed by atoms with van der Waals surface area (Å²) < 4.78 is 8.25. The average Bonchev–Trinajstić information content (AvgIpc) is 3.67. The number of pyridine rings is 1. The van der Waals surface area contributed by atoms with Crippen molar-refractivity contribution in [3.05, 3.63) is 133 Å². The molecule has 0 atom stereocenters. The Bertz CT molecular complexity index is 2370. The van der Waals surface area contributed by atoms with Crippen LogP contribution < -0.4 is 0 Å². The van der Waals surface area contributed by atoms with E-state index in [1.165, 1.54) is 22.1 Å². The minimum Gasteiger partial charge on any atom is -0.507 e. The van der Waals surface area contributed by atoms with Crippen LogP contribution in [0.5, 0.6) is 5.75 Å². The van der Waals surface area contributed by atoms with Gasteiger partial charge in [-0.1, -0.05) is 84.9 Å². The second-order valence-corrected chi connectivity index (χ2v) is 11.1. The predicted octanol–water partition coefficient (Wildman–Crippen LogP) is 9.13. The number of furan rings is 1. The van der Waals surface area contributed by atoms with E-state index < -0.39 is 0 Å². The van der Waals surface area contributed by atoms with Crippen LogP contribution in [0.15, 0.2) is 126 Å². The van der Waals surface area contributed by atoms with Gasteiger partial charge in [-0.25, -0.2) is 9.97 Å². The van der Waals surface area contributed by atoms with Crippen LogP contribution in [-0.2, 0) is 12.8 Å². The second-order valence-electron chi connectivity index (χ2n) is 11.1. The zero-order valence-electron chi connectivity index (χ0n) is 23.2. The van der Waals surface area contributed by atoms with Gasteiger partial charge < -0.3 is 9.52 Å². The number of fused-ring (bicyclic) bond motifs is 8. The van der Waals surface area contributed by atoms with Crippen LogP contribution in [0, 0.1) is 0 Å². The summed E-state index contributed by atoms with van der Waals surface area (Å²) >= 11 is 0. The fraction of sp³-hybridized carbons (Fsp3) is 0.0526. The normalized spacial score (nSPS) is 12.6. The molecule has 3 aromatic heterocycles. The molecule has 204 valence electrons. The number of phenolic OH excluding ortho intramolecular Hbond substituents is 1. The summed E-state index contributed by atoms with van der Waals surface area (Å²) in [6, 6.07) is 38.6. The first-order valence-corrected chi connectivity index (χ1v) is 14.5. The molecule has 5 heteroatoms. The van der Waals surface area contributed by atoms with Crippen molar-refractivity contribution in [3.8, 4) is 45.5 Å². The maximum absolute atomic E-state index is 11.4. The lowest BCUT2D eigenvalue weighted by Gasteiger charge is -2.22. The molecule has 8 aromatic rings. The predicted molar refractivity (Wildman–Crippen MR) is 172 cm³/mol. The van der Waals surface area contributed by atoms with E-state index in [-0.39, 0.29) is 5.75 Å². The topological polar surface area (TPSA) is 64.1 Å². The van der Waals surface area contributed by atoms with Crippen LogP contribution in [0.2, 0.25) is 0 Å². The van der Waals surface area contributed by atoms with E-state index in [0.29, 0.717) is 17.0 Å². The van der Waals surface area contributed by atoms with Crippen molar-refractivity contribution in [1.29, 1.82) is 0 Å². The third kappa shape index (κ3) is 3.58. The van der Waals surface area contributed by atoms with Crippen LogP contribution >= 0.6 is 0 Å². The van der Waals surface area contributed by atoms with Crippen molar-refractivity contribution in [2.24, 2.45) is 0 Å². The smallest absolute Gasteiger partial charge is 0.149 e. The number of aromatic hydroxyl groups is 1. The van der Waals surface area contributed by atoms with Crippen molar-refractivity contribution in [2.75, 3.05) is 0 Å². The van der Waals surface area contributed by atoms with Gasteiger partial charge in [-0.05, 0) is 59.7 Å². The highest BCUT2D eigenvalue weighted by Gasteiger charge is 2.26. The second kappa shape index (κ2) is 9.16. The van der Waals surface area contributed by atoms with E-state index in [0.717, 1.165) is 57.4 Å². The number of imidazole rings is 1. The third-order valence-electron chi connectivity index (χ3n) is 8.66. The molecule has 5 nitrogen and oxygen atoms in total. The van der Waals surface area contributed by atoms with Crippen LogP contribution in [0.4, 0.5) is 0 Å². The number of hydrogen-bond acceptors (Lipinski definition) is 4. The summed E-state index contributed by atoms with van der Waals surface area (Å²) in [5.41, 5.74) is 9.42. The molecule has 5 aromatic carbocycles. The van der Waals surface area contributed by atoms with Crippen LogP contribution in [0.1, 0.15) is 11.1 Å². The van der Waals surface area contributed by atoms with Gasteiger partial charge in [0, 0.05) is 33.6 Å². The quantitative estimate of drug-likeness (QED) is 0.236. The van der Waals surface area contributed by atoms with Gasteiger partial charge >= 0.3 is 0 Å². The van der Waals surface area contributed by atoms with Gasteiger partial charge in [-0.3, -0.25) is 4.57 Å². The maximum atomic E-state index is 11.4. The Kier molecular flexibility index (Phi) is 5.11. The number of phenols is 1. The molecule has 3 heterocycles. The number of benzene rings is 5. The number of aromatic nitrogens is 3. The highest BCUT2D eigenvalue weighted by molar-refractivity contribution is 6.13. The van der Waals surface area contributed by atoms with E-state index in [4.69, 9.17) is 14.4 Å². The molecule has 43 heavy (non-hydrogen) atoms. The Balaban J connectivity index is 1.37. The number of rotatable bonds is 3. The fourth-order valence-electron chi connectivity index (χ4n) is 6.71. The zero-order chi connectivity index (χ0) is 28.5. The number of para-hydroxylation sites is 2. The van der Waals surface area contributed by atoms with Gasteiger partial charge in [0.25, 0.3) is 0 Å². The Morgan fingerprint density at radius 3 is 2.26 bits per heavy atom. The lowest BCUT2D eigenvalue weighted by Crippen LogP contribution is -2.07. The summed E-state index contributed by atoms with van der Waals surface area (Å²) in [7, 11) is 0. The SMILES string of the molecule is Oc1ccc2oc3ccccc3c2c1-c1nc(-c2nc3c(c4ccccc24)CCc2ccccc2-3)cn1-c1ccccc1. The van der Waals surface area contributed by atoms with Crippen molar-refractivity contribution >= 4 is 32.7 Å². The van der Waals surface area contributed by atoms with E-state index >= 15 is 0 Å². The van der Waals surface area contributed by atoms with E-state index in [9.17, 15) is 5.11 Å². The monoisotopic (exact) mass is 555 g/mol. The summed E-state index contributed by atoms with van der Waals surface area (Å²) in [6.07, 6.45) is 4.00. The largest absolute Gasteiger partial charge is 0.507 e. The highest BCUT2D eigenvalue weighted by Crippen LogP contribution is 2.44. The lowest BCUT2D eigenvalue weighted by atomic mass is 9.86.